The first-order chi connectivity index (χ1) is 16.1. The van der Waals surface area contributed by atoms with Gasteiger partial charge >= 0.3 is 5.56 Å². The van der Waals surface area contributed by atoms with Crippen LogP contribution >= 0.6 is 23.2 Å². The highest BCUT2D eigenvalue weighted by atomic mass is 35.5. The Morgan fingerprint density at radius 2 is 1.64 bits per heavy atom. The van der Waals surface area contributed by atoms with Crippen LogP contribution in [0.5, 0.6) is 5.75 Å². The Hall–Kier alpha value is -2.58. The molecule has 2 aromatic carbocycles. The molecule has 0 amide bonds. The number of ether oxygens (including phenoxy) is 2. The van der Waals surface area contributed by atoms with E-state index in [4.69, 9.17) is 32.7 Å². The number of halogens is 2. The molecule has 1 saturated heterocycles. The van der Waals surface area contributed by atoms with E-state index in [1.165, 1.54) is 4.68 Å². The van der Waals surface area contributed by atoms with Crippen molar-refractivity contribution in [1.82, 2.24) is 14.7 Å². The van der Waals surface area contributed by atoms with E-state index in [0.29, 0.717) is 34.6 Å². The second-order valence-electron chi connectivity index (χ2n) is 7.72. The van der Waals surface area contributed by atoms with Crippen molar-refractivity contribution in [2.24, 2.45) is 0 Å². The van der Waals surface area contributed by atoms with E-state index in [1.54, 1.807) is 13.3 Å². The highest BCUT2D eigenvalue weighted by Crippen LogP contribution is 2.28. The van der Waals surface area contributed by atoms with Crippen LogP contribution in [0.3, 0.4) is 0 Å². The second-order valence-corrected chi connectivity index (χ2v) is 8.53. The largest absolute Gasteiger partial charge is 0.484 e. The quantitative estimate of drug-likeness (QED) is 0.448. The molecule has 0 saturated carbocycles. The molecule has 174 valence electrons. The number of methoxy groups -OCH3 is 1. The van der Waals surface area contributed by atoms with Crippen molar-refractivity contribution in [1.29, 1.82) is 0 Å². The number of hydrogen-bond donors (Lipinski definition) is 0. The monoisotopic (exact) mass is 488 g/mol. The summed E-state index contributed by atoms with van der Waals surface area (Å²) in [4.78, 5) is 17.7. The molecule has 0 radical (unpaired) electrons. The minimum absolute atomic E-state index is 0.280. The molecule has 0 spiro atoms. The van der Waals surface area contributed by atoms with Gasteiger partial charge in [-0.3, -0.25) is 9.69 Å². The third-order valence-electron chi connectivity index (χ3n) is 5.61. The van der Waals surface area contributed by atoms with Crippen molar-refractivity contribution in [3.8, 4) is 11.4 Å². The number of aromatic nitrogens is 2. The molecular formula is C24H26Cl2N4O3. The van der Waals surface area contributed by atoms with Gasteiger partial charge in [0.1, 0.15) is 12.3 Å². The summed E-state index contributed by atoms with van der Waals surface area (Å²) in [7, 11) is 1.60. The Bertz CT molecular complexity index is 1110. The van der Waals surface area contributed by atoms with Crippen LogP contribution < -0.4 is 15.2 Å². The molecule has 33 heavy (non-hydrogen) atoms. The van der Waals surface area contributed by atoms with Gasteiger partial charge in [-0.15, -0.1) is 0 Å². The van der Waals surface area contributed by atoms with Crippen LogP contribution in [-0.4, -0.2) is 61.2 Å². The first-order valence-electron chi connectivity index (χ1n) is 10.8. The van der Waals surface area contributed by atoms with E-state index in [9.17, 15) is 4.79 Å². The molecule has 1 fully saturated rings. The van der Waals surface area contributed by atoms with Gasteiger partial charge < -0.3 is 14.4 Å². The Morgan fingerprint density at radius 1 is 0.939 bits per heavy atom. The number of nitrogens with zero attached hydrogens (tertiary/aromatic N) is 4. The van der Waals surface area contributed by atoms with E-state index in [2.05, 4.69) is 14.9 Å². The Balaban J connectivity index is 1.53. The van der Waals surface area contributed by atoms with E-state index < -0.39 is 0 Å². The van der Waals surface area contributed by atoms with Crippen molar-refractivity contribution >= 4 is 28.9 Å². The zero-order chi connectivity index (χ0) is 23.2. The number of rotatable bonds is 8. The van der Waals surface area contributed by atoms with Gasteiger partial charge in [-0.1, -0.05) is 47.5 Å². The molecule has 0 atom stereocenters. The van der Waals surface area contributed by atoms with Gasteiger partial charge in [-0.2, -0.15) is 9.78 Å². The van der Waals surface area contributed by atoms with Crippen LogP contribution in [0.2, 0.25) is 10.0 Å². The first-order valence-corrected chi connectivity index (χ1v) is 11.5. The van der Waals surface area contributed by atoms with Gasteiger partial charge in [0.2, 0.25) is 5.75 Å². The van der Waals surface area contributed by atoms with Gasteiger partial charge in [-0.25, -0.2) is 0 Å². The van der Waals surface area contributed by atoms with E-state index in [1.807, 2.05) is 48.5 Å². The minimum atomic E-state index is -0.292. The summed E-state index contributed by atoms with van der Waals surface area (Å²) in [6, 6.07) is 14.9. The van der Waals surface area contributed by atoms with Crippen LogP contribution in [0.1, 0.15) is 5.56 Å². The lowest BCUT2D eigenvalue weighted by Gasteiger charge is -2.36. The summed E-state index contributed by atoms with van der Waals surface area (Å²) < 4.78 is 12.4. The smallest absolute Gasteiger partial charge is 0.316 e. The Morgan fingerprint density at radius 3 is 2.30 bits per heavy atom. The van der Waals surface area contributed by atoms with E-state index >= 15 is 0 Å². The molecule has 1 aliphatic heterocycles. The van der Waals surface area contributed by atoms with Crippen molar-refractivity contribution in [3.63, 3.8) is 0 Å². The lowest BCUT2D eigenvalue weighted by molar-refractivity contribution is 0.145. The Labute approximate surface area is 203 Å². The lowest BCUT2D eigenvalue weighted by Crippen LogP contribution is -2.46. The van der Waals surface area contributed by atoms with Crippen molar-refractivity contribution in [3.05, 3.63) is 80.7 Å². The number of anilines is 1. The maximum absolute atomic E-state index is 13.3. The lowest BCUT2D eigenvalue weighted by atomic mass is 10.2. The average Bonchev–Trinajstić information content (AvgIpc) is 2.83. The van der Waals surface area contributed by atoms with Gasteiger partial charge in [0.15, 0.2) is 0 Å². The van der Waals surface area contributed by atoms with Gasteiger partial charge in [-0.05, 0) is 24.3 Å². The summed E-state index contributed by atoms with van der Waals surface area (Å²) >= 11 is 12.7. The average molecular weight is 489 g/mol. The molecule has 3 aromatic rings. The zero-order valence-corrected chi connectivity index (χ0v) is 19.9. The predicted molar refractivity (Wildman–Crippen MR) is 131 cm³/mol. The molecule has 1 aromatic heterocycles. The van der Waals surface area contributed by atoms with Crippen molar-refractivity contribution in [2.45, 2.75) is 6.54 Å². The SMILES string of the molecule is COCCOc1c(N2CCN(Cc3c(Cl)cccc3Cl)CC2)cnn(-c2ccccc2)c1=O. The number of hydrogen-bond acceptors (Lipinski definition) is 6. The first kappa shape index (κ1) is 23.6. The molecule has 4 rings (SSSR count). The number of para-hydroxylation sites is 1. The second kappa shape index (κ2) is 11.0. The van der Waals surface area contributed by atoms with Gasteiger partial charge in [0, 0.05) is 55.4 Å². The van der Waals surface area contributed by atoms with Crippen LogP contribution in [-0.2, 0) is 11.3 Å². The zero-order valence-electron chi connectivity index (χ0n) is 18.4. The van der Waals surface area contributed by atoms with Crippen LogP contribution in [0.25, 0.3) is 5.69 Å². The summed E-state index contributed by atoms with van der Waals surface area (Å²) in [6.07, 6.45) is 1.71. The number of piperazine rings is 1. The fourth-order valence-corrected chi connectivity index (χ4v) is 4.34. The normalized spacial score (nSPS) is 14.5. The number of benzene rings is 2. The molecule has 0 bridgehead atoms. The van der Waals surface area contributed by atoms with E-state index in [-0.39, 0.29) is 17.9 Å². The molecule has 1 aliphatic rings. The van der Waals surface area contributed by atoms with Crippen LogP contribution in [0.4, 0.5) is 5.69 Å². The highest BCUT2D eigenvalue weighted by Gasteiger charge is 2.24. The topological polar surface area (TPSA) is 59.8 Å². The summed E-state index contributed by atoms with van der Waals surface area (Å²) in [5.74, 6) is 0.286. The maximum Gasteiger partial charge on any atom is 0.316 e. The summed E-state index contributed by atoms with van der Waals surface area (Å²) in [5.41, 5.74) is 2.02. The van der Waals surface area contributed by atoms with Crippen LogP contribution in [0, 0.1) is 0 Å². The van der Waals surface area contributed by atoms with Crippen molar-refractivity contribution < 1.29 is 9.47 Å². The Kier molecular flexibility index (Phi) is 7.88. The molecular weight excluding hydrogens is 463 g/mol. The van der Waals surface area contributed by atoms with Crippen molar-refractivity contribution in [2.75, 3.05) is 51.4 Å². The summed E-state index contributed by atoms with van der Waals surface area (Å²) in [6.45, 7) is 4.37. The molecule has 0 N–H and O–H groups in total. The molecule has 7 nitrogen and oxygen atoms in total. The standard InChI is InChI=1S/C24H26Cl2N4O3/c1-32-14-15-33-23-22(16-27-30(24(23)31)18-6-3-2-4-7-18)29-12-10-28(11-13-29)17-19-20(25)8-5-9-21(19)26/h2-9,16H,10-15,17H2,1H3. The minimum Gasteiger partial charge on any atom is -0.484 e. The van der Waals surface area contributed by atoms with E-state index in [0.717, 1.165) is 31.7 Å². The molecule has 2 heterocycles. The van der Waals surface area contributed by atoms with Gasteiger partial charge in [0.05, 0.1) is 18.5 Å². The van der Waals surface area contributed by atoms with Crippen LogP contribution in [0.15, 0.2) is 59.5 Å². The fraction of sp³-hybridized carbons (Fsp3) is 0.333. The third kappa shape index (κ3) is 5.50. The van der Waals surface area contributed by atoms with Gasteiger partial charge in [0.25, 0.3) is 0 Å². The third-order valence-corrected chi connectivity index (χ3v) is 6.31. The fourth-order valence-electron chi connectivity index (χ4n) is 3.82. The molecule has 0 unspecified atom stereocenters. The highest BCUT2D eigenvalue weighted by molar-refractivity contribution is 6.35. The maximum atomic E-state index is 13.3. The summed E-state index contributed by atoms with van der Waals surface area (Å²) in [5, 5.41) is 5.77. The predicted octanol–water partition coefficient (Wildman–Crippen LogP) is 3.89. The molecule has 9 heteroatoms. The molecule has 0 aliphatic carbocycles.